The van der Waals surface area contributed by atoms with Crippen molar-refractivity contribution >= 4 is 102 Å². The van der Waals surface area contributed by atoms with Crippen molar-refractivity contribution in [1.29, 1.82) is 0 Å². The molecule has 77 heavy (non-hydrogen) atoms. The minimum atomic E-state index is -0.600. The van der Waals surface area contributed by atoms with Gasteiger partial charge < -0.3 is 15.3 Å². The van der Waals surface area contributed by atoms with Crippen LogP contribution in [0.5, 0.6) is 5.75 Å². The molecule has 14 nitrogen and oxygen atoms in total. The van der Waals surface area contributed by atoms with E-state index in [-0.39, 0.29) is 104 Å². The third-order valence-electron chi connectivity index (χ3n) is 15.0. The number of nitrogens with zero attached hydrogens (tertiary/aromatic N) is 5. The van der Waals surface area contributed by atoms with Crippen molar-refractivity contribution in [3.8, 4) is 5.75 Å². The van der Waals surface area contributed by atoms with Gasteiger partial charge in [0.2, 0.25) is 11.8 Å². The maximum Gasteiger partial charge on any atom is 0.277 e. The summed E-state index contributed by atoms with van der Waals surface area (Å²) in [4.78, 5) is 99.7. The molecule has 0 saturated heterocycles. The second kappa shape index (κ2) is 16.7. The van der Waals surface area contributed by atoms with Gasteiger partial charge in [0.25, 0.3) is 5.91 Å². The number of allylic oxidation sites excluding steroid dienone is 8. The molecule has 3 N–H and O–H groups in total. The molecule has 0 spiro atoms. The van der Waals surface area contributed by atoms with Crippen LogP contribution < -0.4 is 0 Å². The van der Waals surface area contributed by atoms with Gasteiger partial charge >= 0.3 is 0 Å². The predicted octanol–water partition coefficient (Wildman–Crippen LogP) is 10.6. The monoisotopic (exact) mass is 1010 g/mol. The summed E-state index contributed by atoms with van der Waals surface area (Å²) in [5.41, 5.74) is 5.64. The number of rotatable bonds is 5. The molecule has 366 valence electrons. The highest BCUT2D eigenvalue weighted by Crippen LogP contribution is 2.52. The van der Waals surface area contributed by atoms with Crippen molar-refractivity contribution in [3.63, 3.8) is 0 Å². The predicted molar refractivity (Wildman–Crippen MR) is 290 cm³/mol. The zero-order valence-electron chi connectivity index (χ0n) is 40.2. The molecule has 8 aromatic rings. The molecule has 2 heterocycles. The smallest absolute Gasteiger partial charge is 0.277 e. The van der Waals surface area contributed by atoms with Gasteiger partial charge in [-0.3, -0.25) is 28.8 Å². The highest BCUT2D eigenvalue weighted by molar-refractivity contribution is 6.52. The molecule has 0 unspecified atom stereocenters. The van der Waals surface area contributed by atoms with Gasteiger partial charge in [-0.25, -0.2) is 19.7 Å². The second-order valence-electron chi connectivity index (χ2n) is 19.3. The first-order chi connectivity index (χ1) is 37.4. The number of amides is 1. The van der Waals surface area contributed by atoms with Gasteiger partial charge in [0.15, 0.2) is 23.1 Å². The molecule has 0 atom stereocenters. The van der Waals surface area contributed by atoms with Crippen LogP contribution in [0.4, 0.5) is 11.4 Å². The lowest BCUT2D eigenvalue weighted by atomic mass is 9.74. The second-order valence-corrected chi connectivity index (χ2v) is 19.3. The fraction of sp³-hybridized carbons (Fsp3) is 0.0476. The van der Waals surface area contributed by atoms with Crippen LogP contribution in [-0.2, 0) is 22.4 Å². The maximum absolute atomic E-state index is 15.5. The summed E-state index contributed by atoms with van der Waals surface area (Å²) in [5, 5.41) is 40.7. The Labute approximate surface area is 435 Å². The summed E-state index contributed by atoms with van der Waals surface area (Å²) >= 11 is 0. The number of aliphatic imine (C=N–C) groups is 3. The normalized spacial score (nSPS) is 16.9. The van der Waals surface area contributed by atoms with E-state index in [0.29, 0.717) is 72.2 Å². The zero-order chi connectivity index (χ0) is 52.5. The molecule has 0 bridgehead atoms. The minimum absolute atomic E-state index is 0.00150. The number of benzene rings is 7. The minimum Gasteiger partial charge on any atom is -0.507 e. The number of phenolic OH excluding ortho intramolecular Hbond substituents is 1. The number of aromatic hydroxyl groups is 1. The summed E-state index contributed by atoms with van der Waals surface area (Å²) in [6, 6.07) is 38.6. The van der Waals surface area contributed by atoms with Gasteiger partial charge in [0.1, 0.15) is 11.5 Å². The van der Waals surface area contributed by atoms with Crippen LogP contribution in [0, 0.1) is 0 Å². The zero-order valence-corrected chi connectivity index (χ0v) is 40.2. The summed E-state index contributed by atoms with van der Waals surface area (Å²) in [5.74, 6) is -3.86. The van der Waals surface area contributed by atoms with Crippen molar-refractivity contribution in [1.82, 2.24) is 4.68 Å². The summed E-state index contributed by atoms with van der Waals surface area (Å²) in [6.07, 6.45) is 4.92. The molecule has 1 aliphatic heterocycles. The SMILES string of the molecule is O=C1CC(=O)c2cc3c4c(ccc3c(O)c2C1)C1=CC(=NC(=O)c2ccccc2)C2=C(C=C3C(=CCc5c3n(N=C(O)c3ccccc3)c3c6c(ccc53)C(=O)c3c(N=C(O)c5ccccc5)cccc3C6=O)C2=O)C1=N4. The summed E-state index contributed by atoms with van der Waals surface area (Å²) in [7, 11) is 0. The quantitative estimate of drug-likeness (QED) is 0.0646. The molecule has 7 aromatic carbocycles. The first-order valence-corrected chi connectivity index (χ1v) is 24.6. The number of carbonyl (C=O) groups is 6. The van der Waals surface area contributed by atoms with Crippen molar-refractivity contribution in [2.75, 3.05) is 0 Å². The van der Waals surface area contributed by atoms with E-state index in [4.69, 9.17) is 10.1 Å². The molecule has 1 amide bonds. The van der Waals surface area contributed by atoms with Crippen LogP contribution >= 0.6 is 0 Å². The molecule has 14 heteroatoms. The van der Waals surface area contributed by atoms with Gasteiger partial charge in [-0.2, -0.15) is 0 Å². The average molecular weight is 1010 g/mol. The van der Waals surface area contributed by atoms with Crippen LogP contribution in [-0.4, -0.2) is 78.0 Å². The van der Waals surface area contributed by atoms with Crippen LogP contribution in [0.2, 0.25) is 0 Å². The van der Waals surface area contributed by atoms with E-state index in [9.17, 15) is 34.5 Å². The number of aliphatic hydroxyl groups excluding tert-OH is 2. The Hall–Kier alpha value is -10.6. The standard InChI is InChI=1S/C63H35N5O9/c69-33-25-45-41(49(70)26-33)27-42-37(57(45)71)22-19-34-43-29-48(65-62(76)31-13-6-2-7-14-31)51-46(54(43)66-53(34)42)28-44-38(58(51)72)23-20-35-36-21-24-40-52(56(36)68(55(35)44)67-63(77)32-15-8-3-9-16-32)60(74)39-17-10-18-47(50(39)59(40)73)64-61(75)30-11-4-1-5-12-30/h1-19,21-24,27-29,71H,20,25-26H2,(H,64,75)(H,67,77). The number of hydrogen-bond acceptors (Lipinski definition) is 10. The van der Waals surface area contributed by atoms with Crippen LogP contribution in [0.3, 0.4) is 0 Å². The summed E-state index contributed by atoms with van der Waals surface area (Å²) in [6.45, 7) is 0. The Morgan fingerprint density at radius 3 is 1.99 bits per heavy atom. The number of aliphatic hydroxyl groups is 2. The van der Waals surface area contributed by atoms with E-state index in [1.54, 1.807) is 152 Å². The highest BCUT2D eigenvalue weighted by Gasteiger charge is 2.43. The number of aromatic nitrogens is 1. The molecular formula is C63H35N5O9. The molecular weight excluding hydrogens is 971 g/mol. The van der Waals surface area contributed by atoms with E-state index in [0.717, 1.165) is 0 Å². The van der Waals surface area contributed by atoms with Crippen LogP contribution in [0.15, 0.2) is 195 Å². The van der Waals surface area contributed by atoms with Crippen LogP contribution in [0.25, 0.3) is 32.8 Å². The van der Waals surface area contributed by atoms with E-state index < -0.39 is 34.9 Å². The lowest BCUT2D eigenvalue weighted by Gasteiger charge is -2.28. The van der Waals surface area contributed by atoms with Crippen molar-refractivity contribution in [2.45, 2.75) is 19.3 Å². The molecule has 0 fully saturated rings. The van der Waals surface area contributed by atoms with Crippen molar-refractivity contribution in [3.05, 3.63) is 241 Å². The Morgan fingerprint density at radius 2 is 1.25 bits per heavy atom. The Bertz CT molecular complexity index is 4470. The number of fused-ring (bicyclic) bond motifs is 15. The first kappa shape index (κ1) is 45.0. The Kier molecular flexibility index (Phi) is 9.78. The van der Waals surface area contributed by atoms with Gasteiger partial charge in [0.05, 0.1) is 57.1 Å². The van der Waals surface area contributed by atoms with E-state index >= 15 is 9.59 Å². The van der Waals surface area contributed by atoms with Crippen molar-refractivity contribution < 1.29 is 44.1 Å². The van der Waals surface area contributed by atoms with Crippen molar-refractivity contribution in [2.24, 2.45) is 20.1 Å². The van der Waals surface area contributed by atoms with Gasteiger partial charge in [-0.05, 0) is 84.8 Å². The molecule has 14 rings (SSSR count). The maximum atomic E-state index is 15.5. The largest absolute Gasteiger partial charge is 0.507 e. The van der Waals surface area contributed by atoms with Gasteiger partial charge in [-0.1, -0.05) is 84.9 Å². The molecule has 0 saturated carbocycles. The van der Waals surface area contributed by atoms with E-state index in [2.05, 4.69) is 9.98 Å². The topological polar surface area (TPSA) is 217 Å². The van der Waals surface area contributed by atoms with Crippen LogP contribution in [0.1, 0.15) is 92.5 Å². The fourth-order valence-electron chi connectivity index (χ4n) is 11.5. The Balaban J connectivity index is 1.00. The molecule has 5 aliphatic carbocycles. The highest BCUT2D eigenvalue weighted by atomic mass is 16.3. The molecule has 1 aromatic heterocycles. The number of ketones is 5. The summed E-state index contributed by atoms with van der Waals surface area (Å²) < 4.78 is 1.42. The van der Waals surface area contributed by atoms with Gasteiger partial charge in [-0.15, -0.1) is 5.10 Å². The van der Waals surface area contributed by atoms with Gasteiger partial charge in [0, 0.05) is 89.4 Å². The number of Topliss-reactive ketones (excluding diaryl/α,β-unsaturated/α-hetero) is 3. The van der Waals surface area contributed by atoms with E-state index in [1.165, 1.54) is 10.7 Å². The lowest BCUT2D eigenvalue weighted by Crippen LogP contribution is -2.29. The number of carbonyl (C=O) groups excluding carboxylic acids is 6. The Morgan fingerprint density at radius 1 is 0.584 bits per heavy atom. The molecule has 0 radical (unpaired) electrons. The average Bonchev–Trinajstić information content (AvgIpc) is 4.25. The molecule has 6 aliphatic rings. The number of phenols is 1. The third-order valence-corrected chi connectivity index (χ3v) is 15.0. The fourth-order valence-corrected chi connectivity index (χ4v) is 11.5. The third kappa shape index (κ3) is 6.68. The first-order valence-electron chi connectivity index (χ1n) is 24.6. The van der Waals surface area contributed by atoms with E-state index in [1.807, 2.05) is 0 Å². The number of hydrogen-bond donors (Lipinski definition) is 3. The lowest BCUT2D eigenvalue weighted by molar-refractivity contribution is -0.118.